The normalized spacial score (nSPS) is 10.5. The number of benzene rings is 1. The van der Waals surface area contributed by atoms with Crippen molar-refractivity contribution in [2.75, 3.05) is 32.1 Å². The van der Waals surface area contributed by atoms with E-state index in [0.717, 1.165) is 5.69 Å². The molecule has 27 heavy (non-hydrogen) atoms. The maximum atomic E-state index is 12.7. The first kappa shape index (κ1) is 20.2. The molecule has 0 saturated carbocycles. The molecular weight excluding hydrogens is 346 g/mol. The minimum Gasteiger partial charge on any atom is -0.465 e. The number of esters is 1. The van der Waals surface area contributed by atoms with E-state index in [2.05, 4.69) is 6.07 Å². The summed E-state index contributed by atoms with van der Waals surface area (Å²) in [4.78, 5) is 27.8. The molecule has 7 nitrogen and oxygen atoms in total. The number of hydrogen-bond donors (Lipinski definition) is 0. The number of amides is 1. The van der Waals surface area contributed by atoms with Gasteiger partial charge in [-0.05, 0) is 32.2 Å². The first-order valence-electron chi connectivity index (χ1n) is 8.54. The lowest BCUT2D eigenvalue weighted by molar-refractivity contribution is -0.119. The summed E-state index contributed by atoms with van der Waals surface area (Å²) in [6.45, 7) is 2.54. The van der Waals surface area contributed by atoms with Crippen molar-refractivity contribution in [3.05, 3.63) is 53.5 Å². The average molecular weight is 369 g/mol. The van der Waals surface area contributed by atoms with Gasteiger partial charge in [-0.25, -0.2) is 4.79 Å². The smallest absolute Gasteiger partial charge is 0.341 e. The van der Waals surface area contributed by atoms with E-state index >= 15 is 0 Å². The summed E-state index contributed by atoms with van der Waals surface area (Å²) >= 11 is 0. The van der Waals surface area contributed by atoms with Gasteiger partial charge >= 0.3 is 5.97 Å². The zero-order valence-electron chi connectivity index (χ0n) is 15.8. The van der Waals surface area contributed by atoms with E-state index in [0.29, 0.717) is 30.2 Å². The fourth-order valence-corrected chi connectivity index (χ4v) is 2.74. The van der Waals surface area contributed by atoms with Gasteiger partial charge in [0.25, 0.3) is 0 Å². The lowest BCUT2D eigenvalue weighted by Crippen LogP contribution is -2.39. The Hall–Kier alpha value is -3.11. The van der Waals surface area contributed by atoms with Gasteiger partial charge in [-0.1, -0.05) is 18.2 Å². The van der Waals surface area contributed by atoms with E-state index < -0.39 is 5.97 Å². The summed E-state index contributed by atoms with van der Waals surface area (Å²) in [6.07, 6.45) is 0.254. The summed E-state index contributed by atoms with van der Waals surface area (Å²) < 4.78 is 10.3. The molecule has 7 heteroatoms. The molecule has 1 aromatic carbocycles. The molecule has 1 aromatic heterocycles. The Labute approximate surface area is 158 Å². The number of methoxy groups -OCH3 is 1. The summed E-state index contributed by atoms with van der Waals surface area (Å²) in [5.74, 6) is 0.492. The van der Waals surface area contributed by atoms with Crippen LogP contribution in [0.15, 0.2) is 40.8 Å². The summed E-state index contributed by atoms with van der Waals surface area (Å²) in [6, 6.07) is 13.0. The molecule has 2 aromatic rings. The molecule has 0 N–H and O–H groups in total. The Balaban J connectivity index is 2.04. The quantitative estimate of drug-likeness (QED) is 0.665. The largest absolute Gasteiger partial charge is 0.465 e. The van der Waals surface area contributed by atoms with Crippen molar-refractivity contribution >= 4 is 17.6 Å². The summed E-state index contributed by atoms with van der Waals surface area (Å²) in [5.41, 5.74) is 1.14. The summed E-state index contributed by atoms with van der Waals surface area (Å²) in [5, 5.41) is 8.87. The van der Waals surface area contributed by atoms with Crippen molar-refractivity contribution < 1.29 is 18.7 Å². The second kappa shape index (κ2) is 9.55. The van der Waals surface area contributed by atoms with E-state index in [4.69, 9.17) is 14.4 Å². The molecule has 142 valence electrons. The van der Waals surface area contributed by atoms with Crippen LogP contribution in [0.25, 0.3) is 0 Å². The van der Waals surface area contributed by atoms with Crippen molar-refractivity contribution in [1.82, 2.24) is 4.90 Å². The summed E-state index contributed by atoms with van der Waals surface area (Å²) in [7, 11) is 3.11. The van der Waals surface area contributed by atoms with Gasteiger partial charge in [0, 0.05) is 12.2 Å². The third-order valence-electron chi connectivity index (χ3n) is 4.02. The van der Waals surface area contributed by atoms with Gasteiger partial charge in [-0.2, -0.15) is 5.26 Å². The van der Waals surface area contributed by atoms with Crippen molar-refractivity contribution in [2.45, 2.75) is 19.9 Å². The maximum Gasteiger partial charge on any atom is 0.341 e. The first-order chi connectivity index (χ1) is 13.0. The molecule has 0 aliphatic rings. The molecule has 1 heterocycles. The van der Waals surface area contributed by atoms with E-state index in [9.17, 15) is 9.59 Å². The minimum atomic E-state index is -0.451. The molecule has 1 amide bonds. The molecule has 0 saturated heterocycles. The number of nitriles is 1. The molecule has 0 bridgehead atoms. The number of anilines is 1. The Morgan fingerprint density at radius 3 is 2.59 bits per heavy atom. The fraction of sp³-hybridized carbons (Fsp3) is 0.350. The number of likely N-dealkylation sites (N-methyl/N-ethyl adjacent to an activating group) is 1. The SMILES string of the molecule is COC(=O)c1cc(CN(C)CC(=O)N(CCC#N)c2ccccc2)oc1C. The lowest BCUT2D eigenvalue weighted by Gasteiger charge is -2.24. The van der Waals surface area contributed by atoms with Crippen LogP contribution in [0.1, 0.15) is 28.3 Å². The van der Waals surface area contributed by atoms with Crippen LogP contribution in [-0.4, -0.2) is 44.0 Å². The molecule has 0 aliphatic carbocycles. The van der Waals surface area contributed by atoms with Crippen LogP contribution in [0, 0.1) is 18.3 Å². The van der Waals surface area contributed by atoms with Crippen LogP contribution in [0.3, 0.4) is 0 Å². The molecule has 0 aliphatic heterocycles. The van der Waals surface area contributed by atoms with E-state index in [1.165, 1.54) is 7.11 Å². The fourth-order valence-electron chi connectivity index (χ4n) is 2.74. The molecule has 0 unspecified atom stereocenters. The van der Waals surface area contributed by atoms with E-state index in [1.54, 1.807) is 29.8 Å². The first-order valence-corrected chi connectivity index (χ1v) is 8.54. The molecular formula is C20H23N3O4. The molecule has 2 rings (SSSR count). The third kappa shape index (κ3) is 5.43. The van der Waals surface area contributed by atoms with E-state index in [1.807, 2.05) is 30.3 Å². The van der Waals surface area contributed by atoms with Crippen molar-refractivity contribution in [2.24, 2.45) is 0 Å². The highest BCUT2D eigenvalue weighted by Crippen LogP contribution is 2.18. The number of carbonyl (C=O) groups is 2. The zero-order chi connectivity index (χ0) is 19.8. The van der Waals surface area contributed by atoms with Crippen LogP contribution >= 0.6 is 0 Å². The van der Waals surface area contributed by atoms with Gasteiger partial charge in [-0.15, -0.1) is 0 Å². The molecule has 0 spiro atoms. The number of rotatable bonds is 8. The number of nitrogens with zero attached hydrogens (tertiary/aromatic N) is 3. The average Bonchev–Trinajstić information content (AvgIpc) is 3.02. The predicted molar refractivity (Wildman–Crippen MR) is 100 cm³/mol. The number of para-hydroxylation sites is 1. The van der Waals surface area contributed by atoms with Crippen molar-refractivity contribution in [1.29, 1.82) is 5.26 Å². The Bertz CT molecular complexity index is 823. The number of hydrogen-bond acceptors (Lipinski definition) is 6. The second-order valence-corrected chi connectivity index (χ2v) is 6.14. The van der Waals surface area contributed by atoms with Gasteiger partial charge in [0.15, 0.2) is 0 Å². The maximum absolute atomic E-state index is 12.7. The standard InChI is InChI=1S/C20H23N3O4/c1-15-18(20(25)26-3)12-17(27-15)13-22(2)14-19(24)23(11-7-10-21)16-8-5-4-6-9-16/h4-6,8-9,12H,7,11,13-14H2,1-3H3. The molecule has 0 atom stereocenters. The number of carbonyl (C=O) groups excluding carboxylic acids is 2. The van der Waals surface area contributed by atoms with E-state index in [-0.39, 0.29) is 18.9 Å². The minimum absolute atomic E-state index is 0.115. The number of furan rings is 1. The molecule has 0 radical (unpaired) electrons. The van der Waals surface area contributed by atoms with Crippen LogP contribution in [0.2, 0.25) is 0 Å². The Morgan fingerprint density at radius 1 is 1.26 bits per heavy atom. The van der Waals surface area contributed by atoms with Crippen LogP contribution in [0.4, 0.5) is 5.69 Å². The van der Waals surface area contributed by atoms with Crippen LogP contribution in [-0.2, 0) is 16.1 Å². The number of aryl methyl sites for hydroxylation is 1. The van der Waals surface area contributed by atoms with Gasteiger partial charge < -0.3 is 14.1 Å². The third-order valence-corrected chi connectivity index (χ3v) is 4.02. The van der Waals surface area contributed by atoms with Gasteiger partial charge in [-0.3, -0.25) is 9.69 Å². The van der Waals surface area contributed by atoms with Crippen LogP contribution < -0.4 is 4.90 Å². The Kier molecular flexibility index (Phi) is 7.15. The Morgan fingerprint density at radius 2 is 1.96 bits per heavy atom. The predicted octanol–water partition coefficient (Wildman–Crippen LogP) is 2.75. The van der Waals surface area contributed by atoms with Crippen molar-refractivity contribution in [3.8, 4) is 6.07 Å². The zero-order valence-corrected chi connectivity index (χ0v) is 15.8. The highest BCUT2D eigenvalue weighted by molar-refractivity contribution is 5.94. The van der Waals surface area contributed by atoms with Gasteiger partial charge in [0.05, 0.1) is 32.7 Å². The van der Waals surface area contributed by atoms with Gasteiger partial charge in [0.1, 0.15) is 17.1 Å². The second-order valence-electron chi connectivity index (χ2n) is 6.14. The lowest BCUT2D eigenvalue weighted by atomic mass is 10.2. The highest BCUT2D eigenvalue weighted by Gasteiger charge is 2.20. The molecule has 0 fully saturated rings. The van der Waals surface area contributed by atoms with Gasteiger partial charge in [0.2, 0.25) is 5.91 Å². The van der Waals surface area contributed by atoms with Crippen molar-refractivity contribution in [3.63, 3.8) is 0 Å². The topological polar surface area (TPSA) is 86.8 Å². The monoisotopic (exact) mass is 369 g/mol. The number of ether oxygens (including phenoxy) is 1. The highest BCUT2D eigenvalue weighted by atomic mass is 16.5. The van der Waals surface area contributed by atoms with Crippen LogP contribution in [0.5, 0.6) is 0 Å².